The van der Waals surface area contributed by atoms with Crippen LogP contribution in [0.3, 0.4) is 0 Å². The third kappa shape index (κ3) is 9900000. The van der Waals surface area contributed by atoms with Crippen LogP contribution >= 0.6 is 0 Å². The summed E-state index contributed by atoms with van der Waals surface area (Å²) in [5, 5.41) is 13.6. The summed E-state index contributed by atoms with van der Waals surface area (Å²) in [6, 6.07) is 0. The average Bonchev–Trinajstić information content (AvgIpc) is 0.811. The van der Waals surface area contributed by atoms with E-state index in [0.717, 1.165) is 0 Å². The van der Waals surface area contributed by atoms with E-state index in [2.05, 4.69) is 0 Å². The molecule has 0 saturated carbocycles. The molecule has 0 aromatic heterocycles. The van der Waals surface area contributed by atoms with Gasteiger partial charge >= 0.3 is 0 Å². The van der Waals surface area contributed by atoms with E-state index < -0.39 is 5.09 Å². The Hall–Kier alpha value is 0.00312. The third-order valence-electron chi connectivity index (χ3n) is 0. The van der Waals surface area contributed by atoms with Gasteiger partial charge in [-0.3, -0.25) is 0 Å². The third-order valence-corrected chi connectivity index (χ3v) is 0. The first kappa shape index (κ1) is 28.0. The summed E-state index contributed by atoms with van der Waals surface area (Å²) in [6.07, 6.45) is 0. The summed E-state index contributed by atoms with van der Waals surface area (Å²) in [7, 11) is 0. The molecule has 0 radical (unpaired) electrons. The van der Waals surface area contributed by atoms with Crippen LogP contribution < -0.4 is 0 Å². The van der Waals surface area contributed by atoms with Crippen molar-refractivity contribution in [3.8, 4) is 0 Å². The molecular formula is H5NO5Zr. The van der Waals surface area contributed by atoms with E-state index in [1.165, 1.54) is 0 Å². The minimum absolute atomic E-state index is 0. The summed E-state index contributed by atoms with van der Waals surface area (Å²) in [5.41, 5.74) is 0. The van der Waals surface area contributed by atoms with Gasteiger partial charge in [0.15, 0.2) is 0 Å². The van der Waals surface area contributed by atoms with Gasteiger partial charge in [-0.05, 0) is 0 Å². The zero-order valence-corrected chi connectivity index (χ0v) is 5.67. The Morgan fingerprint density at radius 1 is 1.43 bits per heavy atom. The Labute approximate surface area is 58.0 Å². The first-order valence-corrected chi connectivity index (χ1v) is 0.565. The Bertz CT molecular complexity index is 31.1. The van der Waals surface area contributed by atoms with E-state index in [0.29, 0.717) is 0 Å². The molecule has 0 heterocycles. The molecule has 0 spiro atoms. The molecule has 0 fully saturated rings. The SMILES string of the molecule is O.O.O=[N+]([O-])O.[Zr]. The quantitative estimate of drug-likeness (QED) is 0.350. The van der Waals surface area contributed by atoms with Gasteiger partial charge in [-0.15, -0.1) is 10.1 Å². The van der Waals surface area contributed by atoms with Crippen molar-refractivity contribution in [3.05, 3.63) is 10.1 Å². The van der Waals surface area contributed by atoms with Gasteiger partial charge in [-0.1, -0.05) is 0 Å². The van der Waals surface area contributed by atoms with E-state index >= 15 is 0 Å². The summed E-state index contributed by atoms with van der Waals surface area (Å²) in [6.45, 7) is 0. The molecule has 6 nitrogen and oxygen atoms in total. The van der Waals surface area contributed by atoms with E-state index in [1.54, 1.807) is 0 Å². The summed E-state index contributed by atoms with van der Waals surface area (Å²) in [5.74, 6) is 0. The van der Waals surface area contributed by atoms with Crippen LogP contribution in [0.15, 0.2) is 0 Å². The smallest absolute Gasteiger partial charge is 0.291 e. The molecule has 0 aliphatic heterocycles. The molecule has 0 aliphatic rings. The second kappa shape index (κ2) is 16.7. The van der Waals surface area contributed by atoms with Crippen molar-refractivity contribution in [3.63, 3.8) is 0 Å². The molecule has 0 bridgehead atoms. The molecule has 0 amide bonds. The summed E-state index contributed by atoms with van der Waals surface area (Å²) in [4.78, 5) is 8.36. The molecule has 0 aromatic carbocycles. The number of nitrogens with zero attached hydrogens (tertiary/aromatic N) is 1. The van der Waals surface area contributed by atoms with Crippen molar-refractivity contribution in [1.29, 1.82) is 0 Å². The van der Waals surface area contributed by atoms with Crippen LogP contribution in [-0.4, -0.2) is 21.2 Å². The van der Waals surface area contributed by atoms with Crippen molar-refractivity contribution in [2.24, 2.45) is 0 Å². The first-order valence-electron chi connectivity index (χ1n) is 0.565. The largest absolute Gasteiger partial charge is 0.412 e. The molecule has 5 N–H and O–H groups in total. The fraction of sp³-hybridized carbons (Fsp3) is 0. The molecule has 0 rings (SSSR count). The minimum Gasteiger partial charge on any atom is -0.412 e. The number of hydrogen-bond donors (Lipinski definition) is 1. The van der Waals surface area contributed by atoms with Gasteiger partial charge in [0.05, 0.1) is 0 Å². The van der Waals surface area contributed by atoms with Crippen LogP contribution in [0.1, 0.15) is 0 Å². The molecular weight excluding hydrogens is 185 g/mol. The van der Waals surface area contributed by atoms with Crippen LogP contribution in [0.2, 0.25) is 0 Å². The van der Waals surface area contributed by atoms with Crippen LogP contribution in [0.4, 0.5) is 0 Å². The van der Waals surface area contributed by atoms with Crippen LogP contribution in [0.5, 0.6) is 0 Å². The van der Waals surface area contributed by atoms with Gasteiger partial charge in [-0.2, -0.15) is 0 Å². The van der Waals surface area contributed by atoms with Crippen molar-refractivity contribution in [2.75, 3.05) is 0 Å². The molecule has 7 heteroatoms. The van der Waals surface area contributed by atoms with E-state index in [-0.39, 0.29) is 37.2 Å². The van der Waals surface area contributed by atoms with Gasteiger partial charge in [0.1, 0.15) is 0 Å². The molecule has 0 aliphatic carbocycles. The van der Waals surface area contributed by atoms with Gasteiger partial charge < -0.3 is 16.2 Å². The van der Waals surface area contributed by atoms with Crippen LogP contribution in [0, 0.1) is 10.1 Å². The Morgan fingerprint density at radius 2 is 1.43 bits per heavy atom. The number of hydrogen-bond acceptors (Lipinski definition) is 2. The zero-order valence-electron chi connectivity index (χ0n) is 3.21. The number of rotatable bonds is 0. The van der Waals surface area contributed by atoms with Crippen molar-refractivity contribution < 1.29 is 47.4 Å². The zero-order chi connectivity index (χ0) is 3.58. The standard InChI is InChI=1S/HNO3.2H2O.Zr/c2-1(3)4;;;/h(H,2,3,4);2*1H2;. The van der Waals surface area contributed by atoms with Crippen molar-refractivity contribution in [1.82, 2.24) is 0 Å². The van der Waals surface area contributed by atoms with Gasteiger partial charge in [-0.25, -0.2) is 0 Å². The predicted octanol–water partition coefficient (Wildman–Crippen LogP) is -2.00. The van der Waals surface area contributed by atoms with Gasteiger partial charge in [0.2, 0.25) is 0 Å². The fourth-order valence-electron chi connectivity index (χ4n) is 0. The van der Waals surface area contributed by atoms with Gasteiger partial charge in [0, 0.05) is 26.2 Å². The Morgan fingerprint density at radius 3 is 1.43 bits per heavy atom. The summed E-state index contributed by atoms with van der Waals surface area (Å²) < 4.78 is 0. The van der Waals surface area contributed by atoms with E-state index in [9.17, 15) is 0 Å². The maximum absolute atomic E-state index is 8.36. The molecule has 0 aromatic rings. The Kier molecular flexibility index (Phi) is 66.6. The van der Waals surface area contributed by atoms with Crippen LogP contribution in [-0.2, 0) is 26.2 Å². The molecule has 7 heavy (non-hydrogen) atoms. The minimum atomic E-state index is -1.50. The molecule has 0 saturated heterocycles. The van der Waals surface area contributed by atoms with E-state index in [1.807, 2.05) is 0 Å². The Balaban J connectivity index is -0.0000000150. The molecule has 0 atom stereocenters. The van der Waals surface area contributed by atoms with E-state index in [4.69, 9.17) is 15.3 Å². The maximum Gasteiger partial charge on any atom is 0.291 e. The molecule has 44 valence electrons. The first-order chi connectivity index (χ1) is 1.73. The summed E-state index contributed by atoms with van der Waals surface area (Å²) >= 11 is 0. The van der Waals surface area contributed by atoms with Crippen LogP contribution in [0.25, 0.3) is 0 Å². The second-order valence-corrected chi connectivity index (χ2v) is 0.238. The van der Waals surface area contributed by atoms with Crippen molar-refractivity contribution in [2.45, 2.75) is 0 Å². The normalized spacial score (nSPS) is 3.43. The predicted molar refractivity (Wildman–Crippen MR) is 16.0 cm³/mol. The monoisotopic (exact) mass is 189 g/mol. The van der Waals surface area contributed by atoms with Crippen molar-refractivity contribution >= 4 is 0 Å². The fourth-order valence-corrected chi connectivity index (χ4v) is 0. The maximum atomic E-state index is 8.36. The van der Waals surface area contributed by atoms with Gasteiger partial charge in [0.25, 0.3) is 5.09 Å². The molecule has 0 unspecified atom stereocenters. The average molecular weight is 190 g/mol. The topological polar surface area (TPSA) is 126 Å². The second-order valence-electron chi connectivity index (χ2n) is 0.238.